The lowest BCUT2D eigenvalue weighted by Crippen LogP contribution is -2.37. The molecule has 0 heterocycles. The van der Waals surface area contributed by atoms with Crippen molar-refractivity contribution in [2.75, 3.05) is 7.11 Å². The van der Waals surface area contributed by atoms with Crippen molar-refractivity contribution in [3.63, 3.8) is 0 Å². The van der Waals surface area contributed by atoms with Gasteiger partial charge in [0, 0.05) is 0 Å². The molecule has 0 atom stereocenters. The highest BCUT2D eigenvalue weighted by molar-refractivity contribution is 6.73. The number of benzene rings is 1. The van der Waals surface area contributed by atoms with E-state index in [1.54, 1.807) is 0 Å². The van der Waals surface area contributed by atoms with Crippen LogP contribution in [0.3, 0.4) is 0 Å². The first kappa shape index (κ1) is 12.8. The number of carbonyl (C=O) groups is 1. The maximum Gasteiger partial charge on any atom is 0.512 e. The van der Waals surface area contributed by atoms with E-state index in [-0.39, 0.29) is 0 Å². The van der Waals surface area contributed by atoms with Gasteiger partial charge in [-0.15, -0.1) is 0 Å². The van der Waals surface area contributed by atoms with Crippen molar-refractivity contribution >= 4 is 30.0 Å². The van der Waals surface area contributed by atoms with E-state index in [1.807, 2.05) is 0 Å². The Kier molecular flexibility index (Phi) is 3.47. The second-order valence-corrected chi connectivity index (χ2v) is 3.33. The second kappa shape index (κ2) is 4.33. The molecule has 0 unspecified atom stereocenters. The van der Waals surface area contributed by atoms with Crippen molar-refractivity contribution < 1.29 is 26.9 Å². The summed E-state index contributed by atoms with van der Waals surface area (Å²) in [7, 11) is 1.01. The molecule has 88 valence electrons. The molecule has 0 aliphatic rings. The van der Waals surface area contributed by atoms with Crippen LogP contribution in [0.15, 0.2) is 12.1 Å². The molecular weight excluding hydrogens is 250 g/mol. The average Bonchev–Trinajstić information content (AvgIpc) is 2.18. The van der Waals surface area contributed by atoms with Gasteiger partial charge in [-0.25, -0.2) is 9.18 Å². The van der Waals surface area contributed by atoms with Crippen LogP contribution in [-0.2, 0) is 4.74 Å². The topological polar surface area (TPSA) is 26.3 Å². The lowest BCUT2D eigenvalue weighted by Gasteiger charge is -2.17. The zero-order valence-corrected chi connectivity index (χ0v) is 8.69. The molecule has 1 rings (SSSR count). The van der Waals surface area contributed by atoms with Crippen molar-refractivity contribution in [3.8, 4) is 0 Å². The summed E-state index contributed by atoms with van der Waals surface area (Å²) in [4.78, 5) is 11.0. The smallest absolute Gasteiger partial charge is 0.465 e. The molecule has 2 nitrogen and oxygen atoms in total. The Morgan fingerprint density at radius 1 is 1.38 bits per heavy atom. The highest BCUT2D eigenvalue weighted by Crippen LogP contribution is 2.20. The fraction of sp³-hybridized carbons (Fsp3) is 0.125. The lowest BCUT2D eigenvalue weighted by atomic mass is 9.79. The summed E-state index contributed by atoms with van der Waals surface area (Å²) >= 11 is 5.42. The van der Waals surface area contributed by atoms with E-state index in [0.717, 1.165) is 7.11 Å². The van der Waals surface area contributed by atoms with E-state index < -0.39 is 34.8 Å². The molecule has 0 saturated heterocycles. The van der Waals surface area contributed by atoms with Crippen molar-refractivity contribution in [2.24, 2.45) is 0 Å². The van der Waals surface area contributed by atoms with Crippen molar-refractivity contribution in [1.29, 1.82) is 0 Å². The zero-order valence-electron chi connectivity index (χ0n) is 7.94. The van der Waals surface area contributed by atoms with Crippen molar-refractivity contribution in [1.82, 2.24) is 0 Å². The quantitative estimate of drug-likeness (QED) is 0.460. The van der Waals surface area contributed by atoms with E-state index in [4.69, 9.17) is 11.6 Å². The number of halogens is 5. The predicted octanol–water partition coefficient (Wildman–Crippen LogP) is 2.32. The highest BCUT2D eigenvalue weighted by atomic mass is 35.5. The first-order chi connectivity index (χ1) is 7.27. The van der Waals surface area contributed by atoms with Gasteiger partial charge in [0.1, 0.15) is 0 Å². The van der Waals surface area contributed by atoms with Crippen LogP contribution in [0, 0.1) is 5.82 Å². The molecule has 0 aliphatic heterocycles. The Morgan fingerprint density at radius 3 is 2.38 bits per heavy atom. The molecule has 0 aromatic heterocycles. The van der Waals surface area contributed by atoms with Gasteiger partial charge in [-0.05, 0) is 6.07 Å². The average molecular weight is 255 g/mol. The number of methoxy groups -OCH3 is 1. The standard InChI is InChI=1S/C8H5BClF4O2/c1-16-8(15)4-2-7(11)5(3-6(4)10)9(12,13)14/h2-3H,1H3/q-1. The largest absolute Gasteiger partial charge is 0.512 e. The SMILES string of the molecule is COC(=O)c1cc(F)c([B-](F)(F)F)cc1Cl. The number of hydrogen-bond donors (Lipinski definition) is 0. The number of rotatable bonds is 2. The van der Waals surface area contributed by atoms with Gasteiger partial charge in [0.2, 0.25) is 0 Å². The Balaban J connectivity index is 3.33. The summed E-state index contributed by atoms with van der Waals surface area (Å²) in [6, 6.07) is 0.794. The molecule has 0 aliphatic carbocycles. The molecule has 16 heavy (non-hydrogen) atoms. The minimum Gasteiger partial charge on any atom is -0.465 e. The first-order valence-electron chi connectivity index (χ1n) is 4.04. The zero-order chi connectivity index (χ0) is 12.5. The van der Waals surface area contributed by atoms with E-state index in [2.05, 4.69) is 4.74 Å². The molecule has 0 fully saturated rings. The highest BCUT2D eigenvalue weighted by Gasteiger charge is 2.30. The van der Waals surface area contributed by atoms with Crippen LogP contribution in [0.25, 0.3) is 0 Å². The summed E-state index contributed by atoms with van der Waals surface area (Å²) in [5, 5.41) is -0.498. The Hall–Kier alpha value is -1.24. The van der Waals surface area contributed by atoms with Gasteiger partial charge in [0.05, 0.1) is 23.5 Å². The van der Waals surface area contributed by atoms with E-state index in [9.17, 15) is 22.1 Å². The van der Waals surface area contributed by atoms with Gasteiger partial charge in [-0.3, -0.25) is 0 Å². The third-order valence-corrected chi connectivity index (χ3v) is 2.16. The molecule has 0 saturated carbocycles. The van der Waals surface area contributed by atoms with Crippen LogP contribution in [0.4, 0.5) is 17.3 Å². The van der Waals surface area contributed by atoms with E-state index >= 15 is 0 Å². The molecular formula is C8H5BClF4O2-. The monoisotopic (exact) mass is 255 g/mol. The fourth-order valence-corrected chi connectivity index (χ4v) is 1.33. The lowest BCUT2D eigenvalue weighted by molar-refractivity contribution is 0.0600. The molecule has 0 spiro atoms. The summed E-state index contributed by atoms with van der Waals surface area (Å²) in [5.41, 5.74) is -1.90. The predicted molar refractivity (Wildman–Crippen MR) is 51.5 cm³/mol. The Labute approximate surface area is 93.2 Å². The number of esters is 1. The van der Waals surface area contributed by atoms with Crippen molar-refractivity contribution in [3.05, 3.63) is 28.5 Å². The molecule has 8 heteroatoms. The molecule has 1 aromatic carbocycles. The van der Waals surface area contributed by atoms with Gasteiger partial charge in [0.15, 0.2) is 0 Å². The summed E-state index contributed by atoms with van der Waals surface area (Å²) < 4.78 is 54.2. The van der Waals surface area contributed by atoms with Crippen LogP contribution in [0.1, 0.15) is 10.4 Å². The molecule has 1 aromatic rings. The Bertz CT molecular complexity index is 433. The van der Waals surface area contributed by atoms with E-state index in [1.165, 1.54) is 0 Å². The van der Waals surface area contributed by atoms with Crippen LogP contribution in [0.5, 0.6) is 0 Å². The van der Waals surface area contributed by atoms with Crippen LogP contribution < -0.4 is 5.46 Å². The third kappa shape index (κ3) is 2.47. The Morgan fingerprint density at radius 2 is 1.94 bits per heavy atom. The van der Waals surface area contributed by atoms with E-state index in [0.29, 0.717) is 12.1 Å². The normalized spacial score (nSPS) is 11.4. The van der Waals surface area contributed by atoms with Gasteiger partial charge >= 0.3 is 12.9 Å². The maximum atomic E-state index is 13.1. The number of ether oxygens (including phenoxy) is 1. The summed E-state index contributed by atoms with van der Waals surface area (Å²) in [6.07, 6.45) is 0. The molecule has 0 N–H and O–H groups in total. The van der Waals surface area contributed by atoms with Gasteiger partial charge in [0.25, 0.3) is 0 Å². The maximum absolute atomic E-state index is 13.1. The van der Waals surface area contributed by atoms with Gasteiger partial charge < -0.3 is 17.7 Å². The molecule has 0 bridgehead atoms. The van der Waals surface area contributed by atoms with Crippen molar-refractivity contribution in [2.45, 2.75) is 0 Å². The van der Waals surface area contributed by atoms with Crippen LogP contribution in [-0.4, -0.2) is 20.1 Å². The third-order valence-electron chi connectivity index (χ3n) is 1.84. The fourth-order valence-electron chi connectivity index (χ4n) is 1.08. The number of carbonyl (C=O) groups excluding carboxylic acids is 1. The minimum atomic E-state index is -5.50. The van der Waals surface area contributed by atoms with Crippen LogP contribution >= 0.6 is 11.6 Å². The number of hydrogen-bond acceptors (Lipinski definition) is 2. The summed E-state index contributed by atoms with van der Waals surface area (Å²) in [5.74, 6) is -2.54. The molecule has 0 radical (unpaired) electrons. The van der Waals surface area contributed by atoms with Crippen LogP contribution in [0.2, 0.25) is 5.02 Å². The summed E-state index contributed by atoms with van der Waals surface area (Å²) in [6.45, 7) is -5.50. The molecule has 0 amide bonds. The van der Waals surface area contributed by atoms with Gasteiger partial charge in [-0.2, -0.15) is 0 Å². The minimum absolute atomic E-state index is 0.378. The second-order valence-electron chi connectivity index (χ2n) is 2.92. The van der Waals surface area contributed by atoms with Gasteiger partial charge in [-0.1, -0.05) is 23.1 Å². The first-order valence-corrected chi connectivity index (χ1v) is 4.42.